The van der Waals surface area contributed by atoms with E-state index in [-0.39, 0.29) is 12.0 Å². The third-order valence-electron chi connectivity index (χ3n) is 3.10. The molecule has 0 saturated carbocycles. The van der Waals surface area contributed by atoms with E-state index in [1.165, 1.54) is 11.8 Å². The smallest absolute Gasteiger partial charge is 0.266 e. The summed E-state index contributed by atoms with van der Waals surface area (Å²) in [7, 11) is 0. The highest BCUT2D eigenvalue weighted by Crippen LogP contribution is 2.34. The Morgan fingerprint density at radius 2 is 2.47 bits per heavy atom. The molecule has 1 amide bonds. The average molecular weight is 311 g/mol. The molecular weight excluding hydrogens is 298 g/mol. The molecule has 2 saturated heterocycles. The van der Waals surface area contributed by atoms with Gasteiger partial charge in [0.2, 0.25) is 0 Å². The van der Waals surface area contributed by atoms with Gasteiger partial charge in [-0.2, -0.15) is 0 Å². The Balaban J connectivity index is 1.73. The number of rotatable bonds is 3. The van der Waals surface area contributed by atoms with Crippen molar-refractivity contribution in [3.05, 3.63) is 27.3 Å². The van der Waals surface area contributed by atoms with E-state index in [0.717, 1.165) is 24.3 Å². The first-order valence-corrected chi connectivity index (χ1v) is 8.25. The Bertz CT molecular complexity index is 518. The number of thiocarbonyl (C=S) groups is 1. The van der Waals surface area contributed by atoms with E-state index < -0.39 is 0 Å². The molecule has 0 unspecified atom stereocenters. The second kappa shape index (κ2) is 5.75. The zero-order valence-corrected chi connectivity index (χ0v) is 12.7. The zero-order valence-electron chi connectivity index (χ0n) is 10.2. The van der Waals surface area contributed by atoms with Crippen molar-refractivity contribution < 1.29 is 9.53 Å². The Morgan fingerprint density at radius 1 is 1.58 bits per heavy atom. The SMILES string of the molecule is O=C1/C(=C\c2cccs2)SC(=S)N1C[C@@H]1CCCO1. The predicted octanol–water partition coefficient (Wildman–Crippen LogP) is 3.13. The van der Waals surface area contributed by atoms with E-state index >= 15 is 0 Å². The molecule has 3 nitrogen and oxygen atoms in total. The minimum atomic E-state index is 0.0129. The van der Waals surface area contributed by atoms with Crippen molar-refractivity contribution in [2.45, 2.75) is 18.9 Å². The van der Waals surface area contributed by atoms with Gasteiger partial charge < -0.3 is 4.74 Å². The highest BCUT2D eigenvalue weighted by atomic mass is 32.2. The predicted molar refractivity (Wildman–Crippen MR) is 83.2 cm³/mol. The van der Waals surface area contributed by atoms with Crippen molar-refractivity contribution in [1.29, 1.82) is 0 Å². The third-order valence-corrected chi connectivity index (χ3v) is 5.30. The molecule has 0 aromatic carbocycles. The van der Waals surface area contributed by atoms with E-state index in [0.29, 0.717) is 15.8 Å². The van der Waals surface area contributed by atoms with Gasteiger partial charge in [0.05, 0.1) is 17.6 Å². The lowest BCUT2D eigenvalue weighted by Gasteiger charge is -2.18. The Hall–Kier alpha value is -0.690. The fourth-order valence-corrected chi connectivity index (χ4v) is 4.15. The maximum atomic E-state index is 12.3. The molecule has 1 aromatic heterocycles. The number of carbonyl (C=O) groups excluding carboxylic acids is 1. The molecule has 3 heterocycles. The number of amides is 1. The number of carbonyl (C=O) groups is 1. The van der Waals surface area contributed by atoms with E-state index in [4.69, 9.17) is 17.0 Å². The highest BCUT2D eigenvalue weighted by Gasteiger charge is 2.34. The fraction of sp³-hybridized carbons (Fsp3) is 0.385. The summed E-state index contributed by atoms with van der Waals surface area (Å²) in [6, 6.07) is 3.97. The molecule has 2 aliphatic rings. The van der Waals surface area contributed by atoms with Crippen molar-refractivity contribution >= 4 is 51.6 Å². The molecule has 6 heteroatoms. The van der Waals surface area contributed by atoms with Crippen molar-refractivity contribution in [1.82, 2.24) is 4.90 Å². The molecule has 0 radical (unpaired) electrons. The van der Waals surface area contributed by atoms with Crippen LogP contribution < -0.4 is 0 Å². The summed E-state index contributed by atoms with van der Waals surface area (Å²) >= 11 is 8.30. The quantitative estimate of drug-likeness (QED) is 0.633. The largest absolute Gasteiger partial charge is 0.376 e. The topological polar surface area (TPSA) is 29.5 Å². The second-order valence-electron chi connectivity index (χ2n) is 4.44. The molecule has 1 atom stereocenters. The van der Waals surface area contributed by atoms with Crippen LogP contribution in [-0.2, 0) is 9.53 Å². The molecule has 1 aromatic rings. The van der Waals surface area contributed by atoms with Crippen LogP contribution >= 0.6 is 35.3 Å². The van der Waals surface area contributed by atoms with Crippen LogP contribution in [0.5, 0.6) is 0 Å². The minimum Gasteiger partial charge on any atom is -0.376 e. The molecule has 19 heavy (non-hydrogen) atoms. The van der Waals surface area contributed by atoms with Crippen molar-refractivity contribution in [3.8, 4) is 0 Å². The zero-order chi connectivity index (χ0) is 13.2. The van der Waals surface area contributed by atoms with Crippen LogP contribution in [0.4, 0.5) is 0 Å². The molecule has 0 N–H and O–H groups in total. The summed E-state index contributed by atoms with van der Waals surface area (Å²) in [4.78, 5) is 15.8. The number of thioether (sulfide) groups is 1. The standard InChI is InChI=1S/C13H13NO2S3/c15-12-11(7-10-4-2-6-18-10)19-13(17)14(12)8-9-3-1-5-16-9/h2,4,6-7,9H,1,3,5,8H2/b11-7+/t9-/m0/s1. The van der Waals surface area contributed by atoms with Gasteiger partial charge in [-0.3, -0.25) is 9.69 Å². The van der Waals surface area contributed by atoms with Crippen LogP contribution in [-0.4, -0.2) is 34.4 Å². The third kappa shape index (κ3) is 2.91. The fourth-order valence-electron chi connectivity index (χ4n) is 2.15. The molecule has 2 fully saturated rings. The summed E-state index contributed by atoms with van der Waals surface area (Å²) in [5.74, 6) is 0.0129. The maximum Gasteiger partial charge on any atom is 0.266 e. The van der Waals surface area contributed by atoms with Gasteiger partial charge in [0.15, 0.2) is 0 Å². The van der Waals surface area contributed by atoms with Gasteiger partial charge in [-0.05, 0) is 30.4 Å². The van der Waals surface area contributed by atoms with Gasteiger partial charge in [0, 0.05) is 11.5 Å². The van der Waals surface area contributed by atoms with Gasteiger partial charge in [0.25, 0.3) is 5.91 Å². The lowest BCUT2D eigenvalue weighted by molar-refractivity contribution is -0.123. The summed E-state index contributed by atoms with van der Waals surface area (Å²) in [5, 5.41) is 2.00. The van der Waals surface area contributed by atoms with Crippen LogP contribution in [0.2, 0.25) is 0 Å². The van der Waals surface area contributed by atoms with Crippen LogP contribution in [0.15, 0.2) is 22.4 Å². The Morgan fingerprint density at radius 3 is 3.16 bits per heavy atom. The first-order chi connectivity index (χ1) is 9.24. The lowest BCUT2D eigenvalue weighted by atomic mass is 10.2. The first kappa shape index (κ1) is 13.3. The van der Waals surface area contributed by atoms with E-state index in [2.05, 4.69) is 0 Å². The summed E-state index contributed by atoms with van der Waals surface area (Å²) < 4.78 is 6.21. The van der Waals surface area contributed by atoms with Crippen LogP contribution in [0.1, 0.15) is 17.7 Å². The summed E-state index contributed by atoms with van der Waals surface area (Å²) in [6.45, 7) is 1.39. The molecule has 0 aliphatic carbocycles. The molecule has 100 valence electrons. The van der Waals surface area contributed by atoms with E-state index in [9.17, 15) is 4.79 Å². The van der Waals surface area contributed by atoms with Gasteiger partial charge in [-0.25, -0.2) is 0 Å². The molecule has 2 aliphatic heterocycles. The van der Waals surface area contributed by atoms with Gasteiger partial charge in [-0.1, -0.05) is 30.0 Å². The number of ether oxygens (including phenoxy) is 1. The normalized spacial score (nSPS) is 25.8. The number of hydrogen-bond acceptors (Lipinski definition) is 5. The van der Waals surface area contributed by atoms with Crippen LogP contribution in [0.25, 0.3) is 6.08 Å². The van der Waals surface area contributed by atoms with Crippen molar-refractivity contribution in [3.63, 3.8) is 0 Å². The highest BCUT2D eigenvalue weighted by molar-refractivity contribution is 8.26. The monoisotopic (exact) mass is 311 g/mol. The Kier molecular flexibility index (Phi) is 4.02. The second-order valence-corrected chi connectivity index (χ2v) is 7.10. The first-order valence-electron chi connectivity index (χ1n) is 6.14. The van der Waals surface area contributed by atoms with Gasteiger partial charge in [0.1, 0.15) is 4.32 Å². The minimum absolute atomic E-state index is 0.0129. The number of nitrogens with zero attached hydrogens (tertiary/aromatic N) is 1. The van der Waals surface area contributed by atoms with Gasteiger partial charge in [-0.15, -0.1) is 11.3 Å². The maximum absolute atomic E-state index is 12.3. The lowest BCUT2D eigenvalue weighted by Crippen LogP contribution is -2.35. The van der Waals surface area contributed by atoms with Gasteiger partial charge >= 0.3 is 0 Å². The van der Waals surface area contributed by atoms with Crippen LogP contribution in [0, 0.1) is 0 Å². The molecule has 0 bridgehead atoms. The summed E-state index contributed by atoms with van der Waals surface area (Å²) in [5.41, 5.74) is 0. The average Bonchev–Trinajstić information content (AvgIpc) is 3.10. The number of hydrogen-bond donors (Lipinski definition) is 0. The number of thiophene rings is 1. The van der Waals surface area contributed by atoms with Crippen molar-refractivity contribution in [2.24, 2.45) is 0 Å². The molecular formula is C13H13NO2S3. The Labute approximate surface area is 125 Å². The van der Waals surface area contributed by atoms with E-state index in [1.807, 2.05) is 23.6 Å². The van der Waals surface area contributed by atoms with Crippen molar-refractivity contribution in [2.75, 3.05) is 13.2 Å². The van der Waals surface area contributed by atoms with Crippen LogP contribution in [0.3, 0.4) is 0 Å². The molecule has 3 rings (SSSR count). The summed E-state index contributed by atoms with van der Waals surface area (Å²) in [6.07, 6.45) is 4.15. The molecule has 0 spiro atoms. The van der Waals surface area contributed by atoms with E-state index in [1.54, 1.807) is 16.2 Å².